The van der Waals surface area contributed by atoms with Gasteiger partial charge in [0.05, 0.1) is 5.69 Å². The second-order valence-electron chi connectivity index (χ2n) is 7.31. The topological polar surface area (TPSA) is 81.7 Å². The maximum atomic E-state index is 13.3. The van der Waals surface area contributed by atoms with Crippen molar-refractivity contribution in [1.82, 2.24) is 5.32 Å². The van der Waals surface area contributed by atoms with E-state index in [0.29, 0.717) is 16.9 Å². The Bertz CT molecular complexity index is 1120. The lowest BCUT2D eigenvalue weighted by atomic mass is 9.94. The average Bonchev–Trinajstić information content (AvgIpc) is 2.79. The molecule has 1 aliphatic heterocycles. The van der Waals surface area contributed by atoms with Crippen LogP contribution in [0.25, 0.3) is 0 Å². The average molecular weight is 419 g/mol. The summed E-state index contributed by atoms with van der Waals surface area (Å²) in [6, 6.07) is 18.8. The van der Waals surface area contributed by atoms with Crippen LogP contribution in [0.15, 0.2) is 72.8 Å². The zero-order valence-electron chi connectivity index (χ0n) is 16.9. The largest absolute Gasteiger partial charge is 0.359 e. The van der Waals surface area contributed by atoms with Crippen LogP contribution in [-0.4, -0.2) is 17.0 Å². The number of halogens is 1. The number of aliphatic hydroxyl groups is 1. The smallest absolute Gasteiger partial charge is 0.329 e. The standard InChI is InChI=1S/C24H22FN3O3/c1-2-16-9-13-19(14-10-16)28-23(30)27-21-6-4-3-5-20(21)24(28,31)22(29)26-15-17-7-11-18(25)12-8-17/h3-14,31H,2,15H2,1H3,(H,26,29)(H,27,30)/t24-/m1/s1. The van der Waals surface area contributed by atoms with E-state index in [1.165, 1.54) is 12.1 Å². The Morgan fingerprint density at radius 3 is 2.35 bits per heavy atom. The Morgan fingerprint density at radius 2 is 1.68 bits per heavy atom. The number of rotatable bonds is 5. The minimum atomic E-state index is -2.27. The molecular weight excluding hydrogens is 397 g/mol. The van der Waals surface area contributed by atoms with Crippen LogP contribution < -0.4 is 15.5 Å². The summed E-state index contributed by atoms with van der Waals surface area (Å²) in [6.07, 6.45) is 0.817. The molecule has 0 spiro atoms. The van der Waals surface area contributed by atoms with Gasteiger partial charge in [-0.15, -0.1) is 0 Å². The summed E-state index contributed by atoms with van der Waals surface area (Å²) < 4.78 is 13.2. The van der Waals surface area contributed by atoms with Crippen molar-refractivity contribution in [1.29, 1.82) is 0 Å². The van der Waals surface area contributed by atoms with E-state index in [-0.39, 0.29) is 17.9 Å². The van der Waals surface area contributed by atoms with Crippen molar-refractivity contribution in [2.24, 2.45) is 0 Å². The third-order valence-corrected chi connectivity index (χ3v) is 5.36. The van der Waals surface area contributed by atoms with Crippen molar-refractivity contribution in [2.75, 3.05) is 10.2 Å². The van der Waals surface area contributed by atoms with Crippen molar-refractivity contribution in [3.63, 3.8) is 0 Å². The summed E-state index contributed by atoms with van der Waals surface area (Å²) in [5, 5.41) is 17.1. The summed E-state index contributed by atoms with van der Waals surface area (Å²) in [7, 11) is 0. The number of hydrogen-bond donors (Lipinski definition) is 3. The summed E-state index contributed by atoms with van der Waals surface area (Å²) in [5.41, 5.74) is 0.437. The Balaban J connectivity index is 1.73. The minimum absolute atomic E-state index is 0.0633. The highest BCUT2D eigenvalue weighted by molar-refractivity contribution is 6.11. The quantitative estimate of drug-likeness (QED) is 0.587. The summed E-state index contributed by atoms with van der Waals surface area (Å²) in [4.78, 5) is 27.3. The SMILES string of the molecule is CCc1ccc(N2C(=O)Nc3ccccc3[C@@]2(O)C(=O)NCc2ccc(F)cc2)cc1. The number of aryl methyl sites for hydroxylation is 1. The number of fused-ring (bicyclic) bond motifs is 1. The van der Waals surface area contributed by atoms with E-state index in [1.807, 2.05) is 19.1 Å². The second kappa shape index (κ2) is 8.20. The van der Waals surface area contributed by atoms with Crippen LogP contribution in [0.1, 0.15) is 23.6 Å². The number of carbonyl (C=O) groups is 2. The van der Waals surface area contributed by atoms with E-state index in [0.717, 1.165) is 16.9 Å². The number of nitrogens with one attached hydrogen (secondary N) is 2. The van der Waals surface area contributed by atoms with Crippen molar-refractivity contribution in [2.45, 2.75) is 25.6 Å². The molecular formula is C24H22FN3O3. The maximum Gasteiger partial charge on any atom is 0.329 e. The highest BCUT2D eigenvalue weighted by Gasteiger charge is 2.51. The summed E-state index contributed by atoms with van der Waals surface area (Å²) in [5.74, 6) is -1.15. The highest BCUT2D eigenvalue weighted by atomic mass is 19.1. The first-order valence-corrected chi connectivity index (χ1v) is 9.98. The lowest BCUT2D eigenvalue weighted by Gasteiger charge is -2.42. The van der Waals surface area contributed by atoms with Crippen molar-refractivity contribution >= 4 is 23.3 Å². The fraction of sp³-hybridized carbons (Fsp3) is 0.167. The molecule has 31 heavy (non-hydrogen) atoms. The number of anilines is 2. The molecule has 6 nitrogen and oxygen atoms in total. The van der Waals surface area contributed by atoms with E-state index in [9.17, 15) is 19.1 Å². The third kappa shape index (κ3) is 3.75. The minimum Gasteiger partial charge on any atom is -0.359 e. The van der Waals surface area contributed by atoms with Crippen molar-refractivity contribution in [3.8, 4) is 0 Å². The van der Waals surface area contributed by atoms with Gasteiger partial charge in [0.2, 0.25) is 0 Å². The van der Waals surface area contributed by atoms with E-state index in [1.54, 1.807) is 48.5 Å². The zero-order valence-corrected chi connectivity index (χ0v) is 16.9. The highest BCUT2D eigenvalue weighted by Crippen LogP contribution is 2.39. The number of benzene rings is 3. The number of urea groups is 1. The molecule has 0 bridgehead atoms. The molecule has 1 heterocycles. The van der Waals surface area contributed by atoms with Gasteiger partial charge < -0.3 is 15.7 Å². The van der Waals surface area contributed by atoms with Gasteiger partial charge in [-0.25, -0.2) is 9.18 Å². The molecule has 0 fully saturated rings. The van der Waals surface area contributed by atoms with Gasteiger partial charge in [-0.3, -0.25) is 9.69 Å². The van der Waals surface area contributed by atoms with E-state index in [4.69, 9.17) is 0 Å². The van der Waals surface area contributed by atoms with Gasteiger partial charge in [0.1, 0.15) is 5.82 Å². The molecule has 1 aliphatic rings. The summed E-state index contributed by atoms with van der Waals surface area (Å²) in [6.45, 7) is 2.08. The molecule has 3 amide bonds. The Kier molecular flexibility index (Phi) is 5.44. The molecule has 3 N–H and O–H groups in total. The molecule has 3 aromatic carbocycles. The van der Waals surface area contributed by atoms with E-state index >= 15 is 0 Å². The van der Waals surface area contributed by atoms with Crippen LogP contribution in [0.2, 0.25) is 0 Å². The first-order valence-electron chi connectivity index (χ1n) is 9.98. The van der Waals surface area contributed by atoms with Crippen LogP contribution in [0.3, 0.4) is 0 Å². The van der Waals surface area contributed by atoms with Gasteiger partial charge in [0.15, 0.2) is 0 Å². The lowest BCUT2D eigenvalue weighted by molar-refractivity contribution is -0.140. The van der Waals surface area contributed by atoms with Crippen molar-refractivity contribution in [3.05, 3.63) is 95.3 Å². The van der Waals surface area contributed by atoms with Gasteiger partial charge in [-0.2, -0.15) is 0 Å². The number of para-hydroxylation sites is 1. The van der Waals surface area contributed by atoms with Crippen molar-refractivity contribution < 1.29 is 19.1 Å². The van der Waals surface area contributed by atoms with E-state index < -0.39 is 17.7 Å². The summed E-state index contributed by atoms with van der Waals surface area (Å²) >= 11 is 0. The second-order valence-corrected chi connectivity index (χ2v) is 7.31. The van der Waals surface area contributed by atoms with E-state index in [2.05, 4.69) is 10.6 Å². The predicted molar refractivity (Wildman–Crippen MR) is 116 cm³/mol. The number of carbonyl (C=O) groups excluding carboxylic acids is 2. The molecule has 0 aliphatic carbocycles. The van der Waals surface area contributed by atoms with Gasteiger partial charge in [0.25, 0.3) is 11.6 Å². The first kappa shape index (κ1) is 20.6. The zero-order chi connectivity index (χ0) is 22.0. The van der Waals surface area contributed by atoms with Gasteiger partial charge >= 0.3 is 6.03 Å². The Labute approximate surface area is 179 Å². The van der Waals surface area contributed by atoms with Gasteiger partial charge in [0, 0.05) is 17.8 Å². The Morgan fingerprint density at radius 1 is 1.03 bits per heavy atom. The molecule has 1 atom stereocenters. The molecule has 7 heteroatoms. The molecule has 0 aromatic heterocycles. The predicted octanol–water partition coefficient (Wildman–Crippen LogP) is 3.90. The molecule has 0 unspecified atom stereocenters. The molecule has 0 saturated carbocycles. The van der Waals surface area contributed by atoms with Crippen LogP contribution in [-0.2, 0) is 23.5 Å². The van der Waals surface area contributed by atoms with Crippen LogP contribution in [0.5, 0.6) is 0 Å². The van der Waals surface area contributed by atoms with Crippen LogP contribution in [0.4, 0.5) is 20.6 Å². The maximum absolute atomic E-state index is 13.3. The number of amides is 3. The molecule has 4 rings (SSSR count). The molecule has 0 radical (unpaired) electrons. The van der Waals surface area contributed by atoms with Gasteiger partial charge in [-0.1, -0.05) is 49.4 Å². The molecule has 0 saturated heterocycles. The fourth-order valence-electron chi connectivity index (χ4n) is 3.65. The molecule has 158 valence electrons. The molecule has 3 aromatic rings. The normalized spacial score (nSPS) is 17.6. The van der Waals surface area contributed by atoms with Gasteiger partial charge in [-0.05, 0) is 47.9 Å². The number of hydrogen-bond acceptors (Lipinski definition) is 3. The Hall–Kier alpha value is -3.71. The van der Waals surface area contributed by atoms with Crippen LogP contribution in [0, 0.1) is 5.82 Å². The van der Waals surface area contributed by atoms with Crippen LogP contribution >= 0.6 is 0 Å². The monoisotopic (exact) mass is 419 g/mol. The third-order valence-electron chi connectivity index (χ3n) is 5.36. The number of nitrogens with zero attached hydrogens (tertiary/aromatic N) is 1. The first-order chi connectivity index (χ1) is 14.9. The fourth-order valence-corrected chi connectivity index (χ4v) is 3.65. The lowest BCUT2D eigenvalue weighted by Crippen LogP contribution is -2.62.